The number of carboxylic acid groups (broad SMARTS) is 1. The summed E-state index contributed by atoms with van der Waals surface area (Å²) in [5.74, 6) is -6.73. The van der Waals surface area contributed by atoms with Crippen molar-refractivity contribution in [1.29, 1.82) is 0 Å². The number of nitrogens with zero attached hydrogens (tertiary/aromatic N) is 1. The molecule has 6 amide bonds. The molecule has 0 aromatic heterocycles. The minimum Gasteiger partial charge on any atom is -0.733 e. The van der Waals surface area contributed by atoms with Gasteiger partial charge in [-0.15, -0.1) is 0 Å². The maximum absolute atomic E-state index is 13.4. The molecule has 0 fully saturated rings. The third kappa shape index (κ3) is 12.8. The highest BCUT2D eigenvalue weighted by Crippen LogP contribution is 2.39. The fourth-order valence-corrected chi connectivity index (χ4v) is 6.18. The number of methoxy groups -OCH3 is 1. The Morgan fingerprint density at radius 3 is 1.64 bits per heavy atom. The predicted molar refractivity (Wildman–Crippen MR) is 244 cm³/mol. The number of benzene rings is 5. The van der Waals surface area contributed by atoms with Crippen molar-refractivity contribution in [3.05, 3.63) is 136 Å². The molecule has 0 heterocycles. The number of carboxylic acids is 1. The van der Waals surface area contributed by atoms with Crippen LogP contribution in [0.5, 0.6) is 17.2 Å². The van der Waals surface area contributed by atoms with Crippen LogP contribution in [0.1, 0.15) is 79.5 Å². The van der Waals surface area contributed by atoms with Gasteiger partial charge in [0.15, 0.2) is 17.6 Å². The largest absolute Gasteiger partial charge is 0.733 e. The van der Waals surface area contributed by atoms with Crippen LogP contribution >= 0.6 is 0 Å². The molecule has 67 heavy (non-hydrogen) atoms. The molecule has 0 aliphatic heterocycles. The standard InChI is InChI=1S/C46H46N7O14/c1-23(2)66-35-22-28(46(61)62)12-20-33(35)50-44(59)32-19-21-34(38(37(32)54)67-24(3)4)51-42(57)25-6-15-30(16-7-25)49-45(60)39(65-5)36(40(47)55)52-43(58)26-8-13-29(14-9-26)48-41(56)27-10-17-31(18-11-27)53(63)64/h6-24,36,39,54,63H,1-5H3,(H2,47,55)(H,48,56)(H,49,60)(H,50,59)(H,51,57)(H,52,58)(H,61,62)/q-1/t36-,39-/m0/s1. The minimum absolute atomic E-state index is 0.00590. The fraction of sp³-hybridized carbons (Fsp3) is 0.196. The number of hydrogen-bond acceptors (Lipinski definition) is 14. The zero-order chi connectivity index (χ0) is 49.1. The monoisotopic (exact) mass is 920 g/mol. The highest BCUT2D eigenvalue weighted by atomic mass is 16.8. The van der Waals surface area contributed by atoms with E-state index in [4.69, 9.17) is 25.2 Å². The molecular formula is C46H46N7O14-. The molecule has 0 unspecified atom stereocenters. The van der Waals surface area contributed by atoms with Gasteiger partial charge in [0.25, 0.3) is 29.5 Å². The van der Waals surface area contributed by atoms with E-state index in [-0.39, 0.29) is 73.4 Å². The van der Waals surface area contributed by atoms with Gasteiger partial charge in [-0.3, -0.25) is 34.0 Å². The summed E-state index contributed by atoms with van der Waals surface area (Å²) in [6.45, 7) is 6.77. The highest BCUT2D eigenvalue weighted by Gasteiger charge is 2.34. The van der Waals surface area contributed by atoms with Crippen LogP contribution in [-0.2, 0) is 14.3 Å². The molecule has 0 bridgehead atoms. The molecule has 350 valence electrons. The summed E-state index contributed by atoms with van der Waals surface area (Å²) in [6, 6.07) is 20.9. The summed E-state index contributed by atoms with van der Waals surface area (Å²) >= 11 is 0. The number of amides is 6. The minimum atomic E-state index is -1.66. The van der Waals surface area contributed by atoms with E-state index in [9.17, 15) is 49.0 Å². The third-order valence-corrected chi connectivity index (χ3v) is 9.40. The van der Waals surface area contributed by atoms with Gasteiger partial charge in [0.2, 0.25) is 5.91 Å². The van der Waals surface area contributed by atoms with E-state index in [0.717, 1.165) is 7.11 Å². The summed E-state index contributed by atoms with van der Waals surface area (Å²) in [5.41, 5.74) is 6.08. The molecule has 0 radical (unpaired) electrons. The summed E-state index contributed by atoms with van der Waals surface area (Å²) in [6.07, 6.45) is -2.52. The van der Waals surface area contributed by atoms with Gasteiger partial charge in [-0.05, 0) is 131 Å². The lowest BCUT2D eigenvalue weighted by Crippen LogP contribution is -2.56. The number of rotatable bonds is 19. The summed E-state index contributed by atoms with van der Waals surface area (Å²) in [4.78, 5) is 90.1. The Bertz CT molecular complexity index is 2650. The molecule has 0 spiro atoms. The second kappa shape index (κ2) is 21.9. The third-order valence-electron chi connectivity index (χ3n) is 9.40. The molecule has 0 saturated carbocycles. The normalized spacial score (nSPS) is 11.7. The first kappa shape index (κ1) is 49.5. The smallest absolute Gasteiger partial charge is 0.335 e. The zero-order valence-corrected chi connectivity index (χ0v) is 36.5. The molecule has 2 atom stereocenters. The van der Waals surface area contributed by atoms with Gasteiger partial charge >= 0.3 is 5.97 Å². The van der Waals surface area contributed by atoms with Crippen LogP contribution in [0, 0.1) is 5.21 Å². The molecule has 10 N–H and O–H groups in total. The van der Waals surface area contributed by atoms with Crippen LogP contribution in [0.25, 0.3) is 0 Å². The Kier molecular flexibility index (Phi) is 16.2. The van der Waals surface area contributed by atoms with Gasteiger partial charge in [0.05, 0.1) is 40.4 Å². The number of carbonyl (C=O) groups is 7. The number of anilines is 5. The number of nitrogens with one attached hydrogen (secondary N) is 5. The van der Waals surface area contributed by atoms with Crippen LogP contribution < -0.4 is 47.0 Å². The van der Waals surface area contributed by atoms with Crippen LogP contribution in [0.15, 0.2) is 103 Å². The number of phenols is 1. The first-order chi connectivity index (χ1) is 31.8. The first-order valence-electron chi connectivity index (χ1n) is 20.2. The Morgan fingerprint density at radius 2 is 1.12 bits per heavy atom. The summed E-state index contributed by atoms with van der Waals surface area (Å²) in [7, 11) is 1.12. The van der Waals surface area contributed by atoms with Crippen LogP contribution in [0.3, 0.4) is 0 Å². The van der Waals surface area contributed by atoms with Gasteiger partial charge < -0.3 is 67.2 Å². The molecule has 0 aliphatic rings. The predicted octanol–water partition coefficient (Wildman–Crippen LogP) is 5.35. The van der Waals surface area contributed by atoms with Crippen molar-refractivity contribution < 1.29 is 63.2 Å². The molecule has 0 saturated heterocycles. The molecule has 5 aromatic carbocycles. The van der Waals surface area contributed by atoms with E-state index in [1.165, 1.54) is 103 Å². The molecule has 21 heteroatoms. The van der Waals surface area contributed by atoms with E-state index < -0.39 is 65.4 Å². The number of nitrogens with two attached hydrogens (primary N) is 1. The van der Waals surface area contributed by atoms with Crippen LogP contribution in [-0.4, -0.2) is 88.3 Å². The van der Waals surface area contributed by atoms with E-state index in [1.807, 2.05) is 0 Å². The quantitative estimate of drug-likeness (QED) is 0.0471. The Morgan fingerprint density at radius 1 is 0.627 bits per heavy atom. The average molecular weight is 921 g/mol. The molecule has 21 nitrogen and oxygen atoms in total. The van der Waals surface area contributed by atoms with Crippen molar-refractivity contribution in [1.82, 2.24) is 5.32 Å². The lowest BCUT2D eigenvalue weighted by atomic mass is 10.1. The molecule has 5 rings (SSSR count). The second-order valence-electron chi connectivity index (χ2n) is 15.0. The van der Waals surface area contributed by atoms with E-state index in [1.54, 1.807) is 27.7 Å². The average Bonchev–Trinajstić information content (AvgIpc) is 3.28. The van der Waals surface area contributed by atoms with Gasteiger partial charge in [0, 0.05) is 35.2 Å². The summed E-state index contributed by atoms with van der Waals surface area (Å²) in [5, 5.41) is 53.1. The topological polar surface area (TPSA) is 320 Å². The maximum Gasteiger partial charge on any atom is 0.335 e. The van der Waals surface area contributed by atoms with Gasteiger partial charge in [0.1, 0.15) is 11.8 Å². The van der Waals surface area contributed by atoms with E-state index in [0.29, 0.717) is 5.69 Å². The highest BCUT2D eigenvalue weighted by molar-refractivity contribution is 6.10. The van der Waals surface area contributed by atoms with Gasteiger partial charge in [-0.25, -0.2) is 4.79 Å². The lowest BCUT2D eigenvalue weighted by molar-refractivity contribution is -0.134. The lowest BCUT2D eigenvalue weighted by Gasteiger charge is -2.24. The summed E-state index contributed by atoms with van der Waals surface area (Å²) < 4.78 is 16.8. The zero-order valence-electron chi connectivity index (χ0n) is 36.5. The van der Waals surface area contributed by atoms with E-state index >= 15 is 0 Å². The number of aromatic carboxylic acids is 1. The fourth-order valence-electron chi connectivity index (χ4n) is 6.18. The molecule has 0 aliphatic carbocycles. The van der Waals surface area contributed by atoms with Crippen molar-refractivity contribution in [2.45, 2.75) is 52.0 Å². The second-order valence-corrected chi connectivity index (χ2v) is 15.0. The Hall–Kier alpha value is -8.53. The van der Waals surface area contributed by atoms with Crippen molar-refractivity contribution >= 4 is 69.8 Å². The Balaban J connectivity index is 1.23. The first-order valence-corrected chi connectivity index (χ1v) is 20.2. The Labute approximate surface area is 382 Å². The number of aromatic hydroxyl groups is 1. The van der Waals surface area contributed by atoms with Gasteiger partial charge in [-0.1, -0.05) is 0 Å². The number of primary amides is 1. The van der Waals surface area contributed by atoms with Crippen LogP contribution in [0.4, 0.5) is 28.4 Å². The molecule has 5 aromatic rings. The number of ether oxygens (including phenoxy) is 3. The van der Waals surface area contributed by atoms with Crippen LogP contribution in [0.2, 0.25) is 0 Å². The number of carbonyl (C=O) groups excluding carboxylic acids is 6. The van der Waals surface area contributed by atoms with Crippen molar-refractivity contribution in [2.75, 3.05) is 33.6 Å². The maximum atomic E-state index is 13.4. The van der Waals surface area contributed by atoms with Gasteiger partial charge in [-0.2, -0.15) is 0 Å². The molecular weight excluding hydrogens is 875 g/mol. The van der Waals surface area contributed by atoms with E-state index in [2.05, 4.69) is 26.6 Å². The van der Waals surface area contributed by atoms with Crippen molar-refractivity contribution in [3.63, 3.8) is 0 Å². The van der Waals surface area contributed by atoms with Crippen molar-refractivity contribution in [2.24, 2.45) is 5.73 Å². The number of phenolic OH excluding ortho intramolecular Hbond substituents is 1. The number of hydrogen-bond donors (Lipinski definition) is 9. The van der Waals surface area contributed by atoms with Crippen molar-refractivity contribution in [3.8, 4) is 17.2 Å². The SMILES string of the molecule is CO[C@H](C(=O)Nc1ccc(C(=O)Nc2ccc(C(=O)Nc3ccc(C(=O)O)cc3OC(C)C)c(O)c2OC(C)C)cc1)[C@H](NC(=O)c1ccc(NC(=O)c2ccc(N([O-])O)cc2)cc1)C(N)=O.